The van der Waals surface area contributed by atoms with E-state index in [4.69, 9.17) is 21.1 Å². The molecule has 0 aliphatic carbocycles. The predicted molar refractivity (Wildman–Crippen MR) is 107 cm³/mol. The fourth-order valence-corrected chi connectivity index (χ4v) is 3.51. The molecule has 1 atom stereocenters. The average Bonchev–Trinajstić information content (AvgIpc) is 2.68. The number of carbonyl (C=O) groups is 1. The highest BCUT2D eigenvalue weighted by Gasteiger charge is 2.27. The molecule has 0 radical (unpaired) electrons. The predicted octanol–water partition coefficient (Wildman–Crippen LogP) is 2.94. The van der Waals surface area contributed by atoms with Crippen molar-refractivity contribution in [2.75, 3.05) is 45.7 Å². The molecule has 1 amide bonds. The molecule has 0 spiro atoms. The van der Waals surface area contributed by atoms with E-state index in [0.717, 1.165) is 25.2 Å². The molecule has 7 heteroatoms. The Morgan fingerprint density at radius 2 is 1.93 bits per heavy atom. The minimum Gasteiger partial charge on any atom is -0.497 e. The van der Waals surface area contributed by atoms with E-state index in [1.165, 1.54) is 0 Å². The van der Waals surface area contributed by atoms with E-state index in [1.807, 2.05) is 24.3 Å². The van der Waals surface area contributed by atoms with E-state index < -0.39 is 0 Å². The summed E-state index contributed by atoms with van der Waals surface area (Å²) in [5, 5.41) is 7.03. The first-order valence-corrected chi connectivity index (χ1v) is 9.20. The monoisotopic (exact) mass is 389 g/mol. The lowest BCUT2D eigenvalue weighted by Gasteiger charge is -2.36. The van der Waals surface area contributed by atoms with Gasteiger partial charge in [0.05, 0.1) is 20.8 Å². The number of halogens is 1. The lowest BCUT2D eigenvalue weighted by molar-refractivity contribution is -0.118. The van der Waals surface area contributed by atoms with Crippen molar-refractivity contribution >= 4 is 23.2 Å². The maximum absolute atomic E-state index is 12.7. The van der Waals surface area contributed by atoms with Crippen LogP contribution in [0.15, 0.2) is 42.5 Å². The van der Waals surface area contributed by atoms with Gasteiger partial charge in [-0.3, -0.25) is 9.69 Å². The van der Waals surface area contributed by atoms with Gasteiger partial charge in [0.15, 0.2) is 0 Å². The molecule has 1 unspecified atom stereocenters. The smallest absolute Gasteiger partial charge is 0.238 e. The molecule has 2 N–H and O–H groups in total. The highest BCUT2D eigenvalue weighted by atomic mass is 35.5. The number of anilines is 1. The summed E-state index contributed by atoms with van der Waals surface area (Å²) >= 11 is 6.37. The van der Waals surface area contributed by atoms with Gasteiger partial charge in [-0.15, -0.1) is 0 Å². The quantitative estimate of drug-likeness (QED) is 0.795. The fourth-order valence-electron chi connectivity index (χ4n) is 3.25. The number of amides is 1. The van der Waals surface area contributed by atoms with Gasteiger partial charge >= 0.3 is 0 Å². The van der Waals surface area contributed by atoms with Gasteiger partial charge in [0.2, 0.25) is 5.91 Å². The molecule has 27 heavy (non-hydrogen) atoms. The second-order valence-electron chi connectivity index (χ2n) is 6.36. The van der Waals surface area contributed by atoms with E-state index in [1.54, 1.807) is 32.4 Å². The van der Waals surface area contributed by atoms with Crippen molar-refractivity contribution in [3.05, 3.63) is 53.1 Å². The van der Waals surface area contributed by atoms with Gasteiger partial charge in [0, 0.05) is 54.6 Å². The van der Waals surface area contributed by atoms with E-state index >= 15 is 0 Å². The summed E-state index contributed by atoms with van der Waals surface area (Å²) in [6.45, 7) is 2.63. The Morgan fingerprint density at radius 1 is 1.22 bits per heavy atom. The lowest BCUT2D eigenvalue weighted by Crippen LogP contribution is -2.48. The van der Waals surface area contributed by atoms with Gasteiger partial charge in [0.25, 0.3) is 0 Å². The number of carbonyl (C=O) groups excluding carboxylic acids is 1. The van der Waals surface area contributed by atoms with Crippen molar-refractivity contribution in [3.8, 4) is 11.5 Å². The van der Waals surface area contributed by atoms with Crippen LogP contribution in [0.5, 0.6) is 11.5 Å². The second-order valence-corrected chi connectivity index (χ2v) is 6.77. The molecule has 1 aliphatic rings. The van der Waals surface area contributed by atoms with E-state index in [9.17, 15) is 4.79 Å². The summed E-state index contributed by atoms with van der Waals surface area (Å²) in [4.78, 5) is 14.8. The molecule has 0 saturated carbocycles. The normalized spacial score (nSPS) is 17.4. The number of nitrogens with zero attached hydrogens (tertiary/aromatic N) is 1. The number of hydrogen-bond acceptors (Lipinski definition) is 5. The molecule has 6 nitrogen and oxygen atoms in total. The first-order chi connectivity index (χ1) is 13.1. The lowest BCUT2D eigenvalue weighted by atomic mass is 10.0. The number of nitrogens with one attached hydrogen (secondary N) is 2. The largest absolute Gasteiger partial charge is 0.497 e. The van der Waals surface area contributed by atoms with Crippen molar-refractivity contribution in [1.82, 2.24) is 10.2 Å². The van der Waals surface area contributed by atoms with Gasteiger partial charge in [-0.2, -0.15) is 0 Å². The fraction of sp³-hybridized carbons (Fsp3) is 0.350. The third-order valence-corrected chi connectivity index (χ3v) is 4.94. The Balaban J connectivity index is 1.71. The van der Waals surface area contributed by atoms with Gasteiger partial charge in [-0.25, -0.2) is 0 Å². The molecule has 0 bridgehead atoms. The topological polar surface area (TPSA) is 62.8 Å². The molecule has 2 aromatic rings. The van der Waals surface area contributed by atoms with E-state index in [0.29, 0.717) is 22.2 Å². The third-order valence-electron chi connectivity index (χ3n) is 4.60. The van der Waals surface area contributed by atoms with Crippen molar-refractivity contribution in [2.45, 2.75) is 6.04 Å². The molecule has 3 rings (SSSR count). The number of hydrogen-bond donors (Lipinski definition) is 2. The second kappa shape index (κ2) is 9.08. The van der Waals surface area contributed by atoms with Gasteiger partial charge < -0.3 is 20.1 Å². The molecule has 1 saturated heterocycles. The minimum absolute atomic E-state index is 0.0537. The van der Waals surface area contributed by atoms with Crippen molar-refractivity contribution in [2.24, 2.45) is 0 Å². The number of piperazine rings is 1. The molecule has 1 aliphatic heterocycles. The van der Waals surface area contributed by atoms with Crippen LogP contribution in [-0.2, 0) is 4.79 Å². The summed E-state index contributed by atoms with van der Waals surface area (Å²) in [6.07, 6.45) is 0. The van der Waals surface area contributed by atoms with Crippen LogP contribution in [0.25, 0.3) is 0 Å². The van der Waals surface area contributed by atoms with Crippen LogP contribution >= 0.6 is 11.6 Å². The maximum Gasteiger partial charge on any atom is 0.238 e. The zero-order chi connectivity index (χ0) is 19.2. The van der Waals surface area contributed by atoms with Crippen LogP contribution in [0.3, 0.4) is 0 Å². The summed E-state index contributed by atoms with van der Waals surface area (Å²) in [5.41, 5.74) is 1.67. The zero-order valence-electron chi connectivity index (χ0n) is 15.5. The first-order valence-electron chi connectivity index (χ1n) is 8.83. The van der Waals surface area contributed by atoms with Crippen LogP contribution in [0.1, 0.15) is 11.6 Å². The van der Waals surface area contributed by atoms with Crippen molar-refractivity contribution in [3.63, 3.8) is 0 Å². The standard InChI is InChI=1S/C20H24ClN3O3/c1-26-15-9-14(10-16(11-15)27-2)23-20(25)13-24-8-7-22-12-19(24)17-5-3-4-6-18(17)21/h3-6,9-11,19,22H,7-8,12-13H2,1-2H3,(H,23,25). The third kappa shape index (κ3) is 4.91. The van der Waals surface area contributed by atoms with Crippen LogP contribution in [0.4, 0.5) is 5.69 Å². The molecule has 144 valence electrons. The average molecular weight is 390 g/mol. The summed E-state index contributed by atoms with van der Waals surface area (Å²) < 4.78 is 10.5. The van der Waals surface area contributed by atoms with Crippen LogP contribution in [0, 0.1) is 0 Å². The Bertz CT molecular complexity index is 778. The Kier molecular flexibility index (Phi) is 6.55. The van der Waals surface area contributed by atoms with Crippen LogP contribution < -0.4 is 20.1 Å². The number of benzene rings is 2. The Hall–Kier alpha value is -2.28. The first kappa shape index (κ1) is 19.5. The van der Waals surface area contributed by atoms with Gasteiger partial charge in [-0.05, 0) is 11.6 Å². The van der Waals surface area contributed by atoms with Gasteiger partial charge in [0.1, 0.15) is 11.5 Å². The number of methoxy groups -OCH3 is 2. The zero-order valence-corrected chi connectivity index (χ0v) is 16.3. The van der Waals surface area contributed by atoms with E-state index in [-0.39, 0.29) is 18.5 Å². The van der Waals surface area contributed by atoms with Crippen molar-refractivity contribution < 1.29 is 14.3 Å². The maximum atomic E-state index is 12.7. The Labute approximate surface area is 164 Å². The molecule has 0 aromatic heterocycles. The summed E-state index contributed by atoms with van der Waals surface area (Å²) in [6, 6.07) is 13.1. The highest BCUT2D eigenvalue weighted by Crippen LogP contribution is 2.29. The number of ether oxygens (including phenoxy) is 2. The van der Waals surface area contributed by atoms with Crippen LogP contribution in [-0.4, -0.2) is 51.2 Å². The van der Waals surface area contributed by atoms with Gasteiger partial charge in [-0.1, -0.05) is 29.8 Å². The molecular formula is C20H24ClN3O3. The van der Waals surface area contributed by atoms with Crippen molar-refractivity contribution in [1.29, 1.82) is 0 Å². The summed E-state index contributed by atoms with van der Waals surface area (Å²) in [7, 11) is 3.16. The summed E-state index contributed by atoms with van der Waals surface area (Å²) in [5.74, 6) is 1.16. The minimum atomic E-state index is -0.0933. The molecule has 1 fully saturated rings. The number of rotatable bonds is 6. The molecular weight excluding hydrogens is 366 g/mol. The molecule has 2 aromatic carbocycles. The SMILES string of the molecule is COc1cc(NC(=O)CN2CCNCC2c2ccccc2Cl)cc(OC)c1. The highest BCUT2D eigenvalue weighted by molar-refractivity contribution is 6.31. The van der Waals surface area contributed by atoms with E-state index in [2.05, 4.69) is 15.5 Å². The Morgan fingerprint density at radius 3 is 2.59 bits per heavy atom. The molecule has 1 heterocycles. The van der Waals surface area contributed by atoms with Crippen LogP contribution in [0.2, 0.25) is 5.02 Å².